The van der Waals surface area contributed by atoms with Crippen LogP contribution in [0.5, 0.6) is 0 Å². The van der Waals surface area contributed by atoms with Crippen molar-refractivity contribution in [1.29, 1.82) is 0 Å². The van der Waals surface area contributed by atoms with E-state index in [0.29, 0.717) is 10.0 Å². The first kappa shape index (κ1) is 13.8. The molecule has 0 spiro atoms. The Kier molecular flexibility index (Phi) is 5.56. The van der Waals surface area contributed by atoms with Crippen LogP contribution >= 0.6 is 23.2 Å². The Morgan fingerprint density at radius 2 is 1.94 bits per heavy atom. The van der Waals surface area contributed by atoms with Gasteiger partial charge >= 0.3 is 0 Å². The van der Waals surface area contributed by atoms with E-state index in [9.17, 15) is 5.11 Å². The van der Waals surface area contributed by atoms with Crippen molar-refractivity contribution in [3.8, 4) is 0 Å². The molecule has 1 aromatic carbocycles. The first-order chi connectivity index (χ1) is 7.50. The van der Waals surface area contributed by atoms with Crippen molar-refractivity contribution >= 4 is 23.2 Å². The summed E-state index contributed by atoms with van der Waals surface area (Å²) in [5.74, 6) is 0. The molecule has 0 aliphatic rings. The van der Waals surface area contributed by atoms with Gasteiger partial charge in [-0.2, -0.15) is 0 Å². The molecule has 0 aliphatic carbocycles. The van der Waals surface area contributed by atoms with Gasteiger partial charge in [0.05, 0.1) is 16.1 Å². The Balaban J connectivity index is 2.52. The zero-order valence-electron chi connectivity index (χ0n) is 9.58. The van der Waals surface area contributed by atoms with E-state index in [1.54, 1.807) is 12.1 Å². The summed E-state index contributed by atoms with van der Waals surface area (Å²) in [6.07, 6.45) is 1.22. The van der Waals surface area contributed by atoms with Gasteiger partial charge in [0.2, 0.25) is 0 Å². The number of benzene rings is 1. The first-order valence-electron chi connectivity index (χ1n) is 5.28. The molecule has 0 fully saturated rings. The lowest BCUT2D eigenvalue weighted by Crippen LogP contribution is -2.13. The number of hydrogen-bond acceptors (Lipinski definition) is 2. The molecule has 1 unspecified atom stereocenters. The summed E-state index contributed by atoms with van der Waals surface area (Å²) in [6.45, 7) is 0.971. The second-order valence-electron chi connectivity index (χ2n) is 4.13. The topological polar surface area (TPSA) is 23.5 Å². The molecule has 0 bridgehead atoms. The van der Waals surface area contributed by atoms with Crippen LogP contribution in [0.1, 0.15) is 24.5 Å². The molecule has 2 nitrogen and oxygen atoms in total. The van der Waals surface area contributed by atoms with Crippen molar-refractivity contribution < 1.29 is 5.11 Å². The predicted octanol–water partition coefficient (Wildman–Crippen LogP) is 3.37. The molecule has 1 rings (SSSR count). The van der Waals surface area contributed by atoms with Gasteiger partial charge in [-0.05, 0) is 51.2 Å². The minimum absolute atomic E-state index is 0.463. The van der Waals surface area contributed by atoms with Crippen LogP contribution in [0, 0.1) is 0 Å². The summed E-state index contributed by atoms with van der Waals surface area (Å²) in [5, 5.41) is 10.9. The average molecular weight is 262 g/mol. The summed E-state index contributed by atoms with van der Waals surface area (Å²) in [4.78, 5) is 2.10. The lowest BCUT2D eigenvalue weighted by atomic mass is 10.1. The Labute approximate surface area is 107 Å². The van der Waals surface area contributed by atoms with Crippen LogP contribution in [-0.4, -0.2) is 30.6 Å². The molecule has 0 heterocycles. The predicted molar refractivity (Wildman–Crippen MR) is 69.2 cm³/mol. The fourth-order valence-corrected chi connectivity index (χ4v) is 1.79. The second kappa shape index (κ2) is 6.45. The molecule has 1 N–H and O–H groups in total. The molecule has 0 radical (unpaired) electrons. The summed E-state index contributed by atoms with van der Waals surface area (Å²) in [7, 11) is 4.04. The van der Waals surface area contributed by atoms with Crippen molar-refractivity contribution in [3.05, 3.63) is 33.8 Å². The largest absolute Gasteiger partial charge is 0.388 e. The quantitative estimate of drug-likeness (QED) is 0.879. The van der Waals surface area contributed by atoms with Crippen molar-refractivity contribution in [2.24, 2.45) is 0 Å². The van der Waals surface area contributed by atoms with Gasteiger partial charge in [-0.25, -0.2) is 0 Å². The molecule has 90 valence electrons. The number of aliphatic hydroxyl groups excluding tert-OH is 1. The highest BCUT2D eigenvalue weighted by atomic mass is 35.5. The Morgan fingerprint density at radius 3 is 2.50 bits per heavy atom. The van der Waals surface area contributed by atoms with E-state index in [1.165, 1.54) is 0 Å². The van der Waals surface area contributed by atoms with Gasteiger partial charge in [0, 0.05) is 0 Å². The van der Waals surface area contributed by atoms with Gasteiger partial charge in [-0.15, -0.1) is 0 Å². The summed E-state index contributed by atoms with van der Waals surface area (Å²) in [5.41, 5.74) is 0.827. The van der Waals surface area contributed by atoms with Crippen LogP contribution in [0.2, 0.25) is 10.0 Å². The van der Waals surface area contributed by atoms with Crippen molar-refractivity contribution in [3.63, 3.8) is 0 Å². The van der Waals surface area contributed by atoms with Gasteiger partial charge in [-0.1, -0.05) is 29.3 Å². The maximum Gasteiger partial charge on any atom is 0.0791 e. The fourth-order valence-electron chi connectivity index (χ4n) is 1.49. The molecule has 1 aromatic rings. The molecule has 4 heteroatoms. The summed E-state index contributed by atoms with van der Waals surface area (Å²) < 4.78 is 0. The third-order valence-corrected chi connectivity index (χ3v) is 3.15. The molecule has 0 saturated carbocycles. The molecule has 16 heavy (non-hydrogen) atoms. The van der Waals surface area contributed by atoms with E-state index in [2.05, 4.69) is 4.90 Å². The SMILES string of the molecule is CN(C)CCCC(O)c1ccc(Cl)c(Cl)c1. The summed E-state index contributed by atoms with van der Waals surface area (Å²) >= 11 is 11.7. The van der Waals surface area contributed by atoms with Crippen LogP contribution in [0.3, 0.4) is 0 Å². The van der Waals surface area contributed by atoms with E-state index < -0.39 is 6.10 Å². The number of halogens is 2. The lowest BCUT2D eigenvalue weighted by molar-refractivity contribution is 0.160. The zero-order chi connectivity index (χ0) is 12.1. The third-order valence-electron chi connectivity index (χ3n) is 2.41. The van der Waals surface area contributed by atoms with Crippen molar-refractivity contribution in [2.45, 2.75) is 18.9 Å². The maximum absolute atomic E-state index is 9.93. The molecule has 1 atom stereocenters. The fraction of sp³-hybridized carbons (Fsp3) is 0.500. The maximum atomic E-state index is 9.93. The minimum Gasteiger partial charge on any atom is -0.388 e. The number of hydrogen-bond donors (Lipinski definition) is 1. The second-order valence-corrected chi connectivity index (χ2v) is 4.95. The summed E-state index contributed by atoms with van der Waals surface area (Å²) in [6, 6.07) is 5.26. The Morgan fingerprint density at radius 1 is 1.25 bits per heavy atom. The van der Waals surface area contributed by atoms with Crippen LogP contribution < -0.4 is 0 Å². The van der Waals surface area contributed by atoms with Crippen LogP contribution in [0.15, 0.2) is 18.2 Å². The smallest absolute Gasteiger partial charge is 0.0791 e. The van der Waals surface area contributed by atoms with Crippen LogP contribution in [0.4, 0.5) is 0 Å². The minimum atomic E-state index is -0.463. The molecular formula is C12H17Cl2NO. The van der Waals surface area contributed by atoms with Crippen LogP contribution in [-0.2, 0) is 0 Å². The molecule has 0 saturated heterocycles. The van der Waals surface area contributed by atoms with E-state index in [4.69, 9.17) is 23.2 Å². The molecule has 0 amide bonds. The normalized spacial score (nSPS) is 13.1. The van der Waals surface area contributed by atoms with Gasteiger partial charge in [0.25, 0.3) is 0 Å². The highest BCUT2D eigenvalue weighted by Crippen LogP contribution is 2.27. The average Bonchev–Trinajstić information content (AvgIpc) is 2.21. The van der Waals surface area contributed by atoms with Gasteiger partial charge in [-0.3, -0.25) is 0 Å². The Hall–Kier alpha value is -0.280. The third kappa shape index (κ3) is 4.30. The standard InChI is InChI=1S/C12H17Cl2NO/c1-15(2)7-3-4-12(16)9-5-6-10(13)11(14)8-9/h5-6,8,12,16H,3-4,7H2,1-2H3. The van der Waals surface area contributed by atoms with Gasteiger partial charge in [0.15, 0.2) is 0 Å². The van der Waals surface area contributed by atoms with Crippen molar-refractivity contribution in [1.82, 2.24) is 4.90 Å². The first-order valence-corrected chi connectivity index (χ1v) is 6.04. The van der Waals surface area contributed by atoms with Crippen LogP contribution in [0.25, 0.3) is 0 Å². The van der Waals surface area contributed by atoms with E-state index in [-0.39, 0.29) is 0 Å². The number of aliphatic hydroxyl groups is 1. The Bertz CT molecular complexity index is 342. The number of rotatable bonds is 5. The van der Waals surface area contributed by atoms with Crippen molar-refractivity contribution in [2.75, 3.05) is 20.6 Å². The molecule has 0 aromatic heterocycles. The number of nitrogens with zero attached hydrogens (tertiary/aromatic N) is 1. The van der Waals surface area contributed by atoms with Gasteiger partial charge < -0.3 is 10.0 Å². The lowest BCUT2D eigenvalue weighted by Gasteiger charge is -2.14. The molecule has 0 aliphatic heterocycles. The van der Waals surface area contributed by atoms with Gasteiger partial charge in [0.1, 0.15) is 0 Å². The zero-order valence-corrected chi connectivity index (χ0v) is 11.1. The highest BCUT2D eigenvalue weighted by Gasteiger charge is 2.09. The van der Waals surface area contributed by atoms with E-state index in [1.807, 2.05) is 20.2 Å². The van der Waals surface area contributed by atoms with E-state index >= 15 is 0 Å². The molecular weight excluding hydrogens is 245 g/mol. The highest BCUT2D eigenvalue weighted by molar-refractivity contribution is 6.42. The monoisotopic (exact) mass is 261 g/mol. The van der Waals surface area contributed by atoms with E-state index in [0.717, 1.165) is 24.9 Å².